The Bertz CT molecular complexity index is 1040. The molecule has 3 rings (SSSR count). The number of nitrogens with one attached hydrogen (secondary N) is 2. The smallest absolute Gasteiger partial charge is 0.343 e. The highest BCUT2D eigenvalue weighted by atomic mass is 32.2. The Morgan fingerprint density at radius 2 is 1.68 bits per heavy atom. The fourth-order valence-electron chi connectivity index (χ4n) is 3.23. The van der Waals surface area contributed by atoms with Crippen molar-refractivity contribution in [1.29, 1.82) is 0 Å². The van der Waals surface area contributed by atoms with Gasteiger partial charge in [-0.1, -0.05) is 18.2 Å². The summed E-state index contributed by atoms with van der Waals surface area (Å²) in [7, 11) is -3.83. The number of amides is 2. The maximum Gasteiger partial charge on any atom is 0.405 e. The van der Waals surface area contributed by atoms with Gasteiger partial charge in [0.15, 0.2) is 0 Å². The summed E-state index contributed by atoms with van der Waals surface area (Å²) < 4.78 is 63.5. The number of carbonyl (C=O) groups is 2. The second-order valence-corrected chi connectivity index (χ2v) is 8.84. The third-order valence-electron chi connectivity index (χ3n) is 4.72. The van der Waals surface area contributed by atoms with Crippen LogP contribution in [0.2, 0.25) is 0 Å². The van der Waals surface area contributed by atoms with Crippen LogP contribution in [0.25, 0.3) is 0 Å². The van der Waals surface area contributed by atoms with E-state index in [9.17, 15) is 31.2 Å². The summed E-state index contributed by atoms with van der Waals surface area (Å²) in [6.45, 7) is -1.23. The van der Waals surface area contributed by atoms with Crippen LogP contribution in [0.15, 0.2) is 59.5 Å². The van der Waals surface area contributed by atoms with Crippen molar-refractivity contribution in [1.82, 2.24) is 9.62 Å². The molecule has 0 unspecified atom stereocenters. The zero-order valence-electron chi connectivity index (χ0n) is 16.2. The van der Waals surface area contributed by atoms with Crippen molar-refractivity contribution in [3.05, 3.63) is 60.2 Å². The standard InChI is InChI=1S/C20H20F3N3O4S/c21-20(22,23)13-24-18(27)14-8-10-15(11-9-14)25-19(28)17-7-4-12-26(17)31(29,30)16-5-2-1-3-6-16/h1-3,5-6,8-11,17H,4,7,12-13H2,(H,24,27)(H,25,28)/t17-/m1/s1. The minimum absolute atomic E-state index is 0.00334. The predicted octanol–water partition coefficient (Wildman–Crippen LogP) is 2.77. The highest BCUT2D eigenvalue weighted by Crippen LogP contribution is 2.27. The third-order valence-corrected chi connectivity index (χ3v) is 6.64. The van der Waals surface area contributed by atoms with Gasteiger partial charge < -0.3 is 10.6 Å². The molecule has 0 spiro atoms. The van der Waals surface area contributed by atoms with Crippen molar-refractivity contribution >= 4 is 27.5 Å². The van der Waals surface area contributed by atoms with E-state index in [-0.39, 0.29) is 17.0 Å². The molecule has 0 bridgehead atoms. The van der Waals surface area contributed by atoms with Gasteiger partial charge in [0.25, 0.3) is 5.91 Å². The average molecular weight is 455 g/mol. The number of sulfonamides is 1. The summed E-state index contributed by atoms with van der Waals surface area (Å²) in [4.78, 5) is 24.6. The van der Waals surface area contributed by atoms with E-state index in [4.69, 9.17) is 0 Å². The normalized spacial score (nSPS) is 17.3. The average Bonchev–Trinajstić information content (AvgIpc) is 3.24. The van der Waals surface area contributed by atoms with Gasteiger partial charge in [-0.3, -0.25) is 9.59 Å². The van der Waals surface area contributed by atoms with E-state index in [1.54, 1.807) is 23.5 Å². The zero-order valence-corrected chi connectivity index (χ0v) is 17.0. The van der Waals surface area contributed by atoms with Gasteiger partial charge in [0.2, 0.25) is 15.9 Å². The molecule has 2 amide bonds. The SMILES string of the molecule is O=C(NCC(F)(F)F)c1ccc(NC(=O)[C@H]2CCCN2S(=O)(=O)c2ccccc2)cc1. The van der Waals surface area contributed by atoms with Gasteiger partial charge in [0.1, 0.15) is 12.6 Å². The van der Waals surface area contributed by atoms with Gasteiger partial charge in [0.05, 0.1) is 4.90 Å². The first-order valence-electron chi connectivity index (χ1n) is 9.41. The number of nitrogens with zero attached hydrogens (tertiary/aromatic N) is 1. The van der Waals surface area contributed by atoms with Gasteiger partial charge in [-0.2, -0.15) is 17.5 Å². The van der Waals surface area contributed by atoms with Crippen molar-refractivity contribution in [2.75, 3.05) is 18.4 Å². The molecule has 1 heterocycles. The summed E-state index contributed by atoms with van der Waals surface area (Å²) in [5.74, 6) is -1.42. The van der Waals surface area contributed by atoms with Gasteiger partial charge in [-0.25, -0.2) is 8.42 Å². The maximum atomic E-state index is 12.9. The van der Waals surface area contributed by atoms with Crippen LogP contribution in [-0.4, -0.2) is 49.8 Å². The number of benzene rings is 2. The summed E-state index contributed by atoms with van der Waals surface area (Å²) in [5.41, 5.74) is 0.290. The molecule has 166 valence electrons. The van der Waals surface area contributed by atoms with Crippen LogP contribution >= 0.6 is 0 Å². The molecule has 1 fully saturated rings. The molecular weight excluding hydrogens is 435 g/mol. The van der Waals surface area contributed by atoms with Gasteiger partial charge in [0, 0.05) is 17.8 Å². The summed E-state index contributed by atoms with van der Waals surface area (Å²) >= 11 is 0. The molecule has 0 radical (unpaired) electrons. The summed E-state index contributed by atoms with van der Waals surface area (Å²) in [6, 6.07) is 12.2. The van der Waals surface area contributed by atoms with Crippen molar-refractivity contribution in [3.63, 3.8) is 0 Å². The summed E-state index contributed by atoms with van der Waals surface area (Å²) in [6.07, 6.45) is -3.63. The van der Waals surface area contributed by atoms with Gasteiger partial charge >= 0.3 is 6.18 Å². The molecule has 31 heavy (non-hydrogen) atoms. The molecule has 0 aromatic heterocycles. The Labute approximate surface area is 177 Å². The minimum atomic E-state index is -4.52. The number of alkyl halides is 3. The van der Waals surface area contributed by atoms with Crippen molar-refractivity contribution in [2.45, 2.75) is 30.0 Å². The predicted molar refractivity (Wildman–Crippen MR) is 107 cm³/mol. The molecule has 2 aromatic rings. The number of carbonyl (C=O) groups excluding carboxylic acids is 2. The fourth-order valence-corrected chi connectivity index (χ4v) is 4.91. The third kappa shape index (κ3) is 5.61. The highest BCUT2D eigenvalue weighted by molar-refractivity contribution is 7.89. The number of hydrogen-bond donors (Lipinski definition) is 2. The van der Waals surface area contributed by atoms with E-state index in [2.05, 4.69) is 5.32 Å². The molecule has 0 saturated carbocycles. The number of hydrogen-bond acceptors (Lipinski definition) is 4. The Morgan fingerprint density at radius 1 is 1.03 bits per heavy atom. The first kappa shape index (κ1) is 22.8. The van der Waals surface area contributed by atoms with Gasteiger partial charge in [-0.15, -0.1) is 0 Å². The van der Waals surface area contributed by atoms with Crippen LogP contribution in [0.4, 0.5) is 18.9 Å². The largest absolute Gasteiger partial charge is 0.405 e. The fraction of sp³-hybridized carbons (Fsp3) is 0.300. The van der Waals surface area contributed by atoms with Crippen LogP contribution in [0.1, 0.15) is 23.2 Å². The van der Waals surface area contributed by atoms with Crippen LogP contribution in [0.5, 0.6) is 0 Å². The lowest BCUT2D eigenvalue weighted by Gasteiger charge is -2.23. The Kier molecular flexibility index (Phi) is 6.65. The van der Waals surface area contributed by atoms with Crippen LogP contribution in [0.3, 0.4) is 0 Å². The van der Waals surface area contributed by atoms with E-state index in [0.29, 0.717) is 18.5 Å². The van der Waals surface area contributed by atoms with Crippen molar-refractivity contribution < 1.29 is 31.2 Å². The molecule has 11 heteroatoms. The first-order chi connectivity index (χ1) is 14.6. The molecule has 0 aliphatic carbocycles. The lowest BCUT2D eigenvalue weighted by molar-refractivity contribution is -0.123. The van der Waals surface area contributed by atoms with Crippen molar-refractivity contribution in [3.8, 4) is 0 Å². The quantitative estimate of drug-likeness (QED) is 0.700. The monoisotopic (exact) mass is 455 g/mol. The Morgan fingerprint density at radius 3 is 2.29 bits per heavy atom. The molecule has 1 aliphatic rings. The molecule has 7 nitrogen and oxygen atoms in total. The topological polar surface area (TPSA) is 95.6 Å². The highest BCUT2D eigenvalue weighted by Gasteiger charge is 2.39. The second kappa shape index (κ2) is 9.06. The summed E-state index contributed by atoms with van der Waals surface area (Å²) in [5, 5.41) is 4.36. The molecule has 1 atom stereocenters. The second-order valence-electron chi connectivity index (χ2n) is 6.95. The van der Waals surface area contributed by atoms with Crippen LogP contribution in [-0.2, 0) is 14.8 Å². The lowest BCUT2D eigenvalue weighted by atomic mass is 10.1. The van der Waals surface area contributed by atoms with E-state index in [0.717, 1.165) is 4.31 Å². The van der Waals surface area contributed by atoms with Gasteiger partial charge in [-0.05, 0) is 49.2 Å². The van der Waals surface area contributed by atoms with Crippen molar-refractivity contribution in [2.24, 2.45) is 0 Å². The number of rotatable bonds is 6. The maximum absolute atomic E-state index is 12.9. The van der Waals surface area contributed by atoms with E-state index >= 15 is 0 Å². The molecule has 2 aromatic carbocycles. The molecule has 2 N–H and O–H groups in total. The van der Waals surface area contributed by atoms with E-state index < -0.39 is 40.6 Å². The Hall–Kier alpha value is -2.92. The van der Waals surface area contributed by atoms with Crippen LogP contribution < -0.4 is 10.6 Å². The number of halogens is 3. The Balaban J connectivity index is 1.66. The van der Waals surface area contributed by atoms with Crippen LogP contribution in [0, 0.1) is 0 Å². The molecule has 1 saturated heterocycles. The molecular formula is C20H20F3N3O4S. The van der Waals surface area contributed by atoms with E-state index in [1.165, 1.54) is 36.4 Å². The zero-order chi connectivity index (χ0) is 22.6. The number of anilines is 1. The van der Waals surface area contributed by atoms with E-state index in [1.807, 2.05) is 0 Å². The lowest BCUT2D eigenvalue weighted by Crippen LogP contribution is -2.43. The molecule has 1 aliphatic heterocycles. The first-order valence-corrected chi connectivity index (χ1v) is 10.8. The minimum Gasteiger partial charge on any atom is -0.343 e.